The second-order valence-corrected chi connectivity index (χ2v) is 17.4. The number of hydrogen-bond donors (Lipinski definition) is 3. The van der Waals surface area contributed by atoms with Crippen LogP contribution < -0.4 is 19.5 Å². The first-order valence-corrected chi connectivity index (χ1v) is 23.3. The fourth-order valence-electron chi connectivity index (χ4n) is 8.46. The Kier molecular flexibility index (Phi) is 12.7. The largest absolute Gasteiger partial charge is 0.497 e. The maximum atomic E-state index is 13.6. The van der Waals surface area contributed by atoms with Crippen molar-refractivity contribution in [2.75, 3.05) is 40.4 Å². The Balaban J connectivity index is 1.33. The quantitative estimate of drug-likeness (QED) is 0.0958. The molecule has 0 radical (unpaired) electrons. The molecule has 2 aliphatic rings. The van der Waals surface area contributed by atoms with Crippen molar-refractivity contribution in [1.82, 2.24) is 25.3 Å². The van der Waals surface area contributed by atoms with Crippen molar-refractivity contribution in [2.24, 2.45) is 0 Å². The van der Waals surface area contributed by atoms with E-state index < -0.39 is 28.7 Å². The molecule has 0 saturated carbocycles. The maximum absolute atomic E-state index is 13.6. The first kappa shape index (κ1) is 44.2. The van der Waals surface area contributed by atoms with E-state index in [9.17, 15) is 13.8 Å². The minimum Gasteiger partial charge on any atom is -0.497 e. The Morgan fingerprint density at radius 2 is 0.940 bits per heavy atom. The molecule has 5 heterocycles. The molecular formula is C54H47N5O7S. The van der Waals surface area contributed by atoms with Crippen molar-refractivity contribution in [3.05, 3.63) is 150 Å². The molecular weight excluding hydrogens is 863 g/mol. The second-order valence-electron chi connectivity index (χ2n) is 15.9. The van der Waals surface area contributed by atoms with Gasteiger partial charge in [0.2, 0.25) is 0 Å². The number of ether oxygens (including phenoxy) is 4. The lowest BCUT2D eigenvalue weighted by Crippen LogP contribution is -2.42. The van der Waals surface area contributed by atoms with Crippen LogP contribution in [0.1, 0.15) is 39.6 Å². The molecule has 12 nitrogen and oxygen atoms in total. The number of H-pyrrole nitrogens is 2. The van der Waals surface area contributed by atoms with Gasteiger partial charge in [0.1, 0.15) is 23.3 Å². The molecule has 336 valence electrons. The molecule has 1 amide bonds. The van der Waals surface area contributed by atoms with Crippen LogP contribution in [0.4, 0.5) is 0 Å². The lowest BCUT2D eigenvalue weighted by atomic mass is 10.0. The number of benzene rings is 4. The van der Waals surface area contributed by atoms with E-state index in [4.69, 9.17) is 28.9 Å². The number of carbonyl (C=O) groups is 2. The number of rotatable bonds is 13. The van der Waals surface area contributed by atoms with Gasteiger partial charge in [-0.1, -0.05) is 48.5 Å². The summed E-state index contributed by atoms with van der Waals surface area (Å²) in [5.41, 5.74) is 13.3. The molecule has 0 saturated heterocycles. The van der Waals surface area contributed by atoms with Gasteiger partial charge in [0.15, 0.2) is 0 Å². The van der Waals surface area contributed by atoms with Gasteiger partial charge in [-0.3, -0.25) is 9.00 Å². The predicted molar refractivity (Wildman–Crippen MR) is 267 cm³/mol. The van der Waals surface area contributed by atoms with Gasteiger partial charge in [0, 0.05) is 72.7 Å². The molecule has 2 atom stereocenters. The van der Waals surface area contributed by atoms with E-state index in [1.807, 2.05) is 115 Å². The lowest BCUT2D eigenvalue weighted by molar-refractivity contribution is -0.142. The number of nitrogens with one attached hydrogen (secondary N) is 3. The summed E-state index contributed by atoms with van der Waals surface area (Å²) in [5, 5.41) is 2.77. The molecule has 0 fully saturated rings. The summed E-state index contributed by atoms with van der Waals surface area (Å²) >= 11 is 0. The van der Waals surface area contributed by atoms with Gasteiger partial charge >= 0.3 is 5.97 Å². The van der Waals surface area contributed by atoms with Crippen LogP contribution in [0.15, 0.2) is 121 Å². The summed E-state index contributed by atoms with van der Waals surface area (Å²) in [7, 11) is 5.06. The van der Waals surface area contributed by atoms with Gasteiger partial charge < -0.3 is 34.2 Å². The summed E-state index contributed by atoms with van der Waals surface area (Å²) in [6.07, 6.45) is 9.81. The molecule has 7 aromatic rings. The predicted octanol–water partition coefficient (Wildman–Crippen LogP) is 10.4. The number of methoxy groups -OCH3 is 4. The van der Waals surface area contributed by atoms with Crippen molar-refractivity contribution in [1.29, 1.82) is 0 Å². The molecule has 0 aliphatic carbocycles. The number of fused-ring (bicyclic) bond motifs is 8. The van der Waals surface area contributed by atoms with Gasteiger partial charge in [-0.25, -0.2) is 14.8 Å². The lowest BCUT2D eigenvalue weighted by Gasteiger charge is -2.16. The average molecular weight is 910 g/mol. The molecule has 0 spiro atoms. The van der Waals surface area contributed by atoms with Gasteiger partial charge in [-0.2, -0.15) is 0 Å². The number of nitrogens with zero attached hydrogens (tertiary/aromatic N) is 2. The van der Waals surface area contributed by atoms with Crippen LogP contribution >= 0.6 is 0 Å². The summed E-state index contributed by atoms with van der Waals surface area (Å²) < 4.78 is 33.9. The molecule has 3 N–H and O–H groups in total. The van der Waals surface area contributed by atoms with Crippen LogP contribution in [0.25, 0.3) is 90.9 Å². The highest BCUT2D eigenvalue weighted by Gasteiger charge is 2.24. The Morgan fingerprint density at radius 1 is 0.552 bits per heavy atom. The number of carbonyl (C=O) groups excluding carboxylic acids is 2. The molecule has 2 aliphatic heterocycles. The van der Waals surface area contributed by atoms with Crippen molar-refractivity contribution >= 4 is 69.0 Å². The van der Waals surface area contributed by atoms with E-state index in [2.05, 4.69) is 33.5 Å². The summed E-state index contributed by atoms with van der Waals surface area (Å²) in [6.45, 7) is 0. The first-order chi connectivity index (χ1) is 32.6. The monoisotopic (exact) mass is 909 g/mol. The number of amides is 1. The zero-order chi connectivity index (χ0) is 46.6. The smallest absolute Gasteiger partial charge is 0.328 e. The van der Waals surface area contributed by atoms with Crippen molar-refractivity contribution in [3.63, 3.8) is 0 Å². The molecule has 9 rings (SSSR count). The third-order valence-corrected chi connectivity index (χ3v) is 12.6. The molecule has 13 heteroatoms. The van der Waals surface area contributed by atoms with Crippen LogP contribution in [0, 0.1) is 0 Å². The summed E-state index contributed by atoms with van der Waals surface area (Å²) in [6, 6.07) is 38.2. The number of esters is 1. The van der Waals surface area contributed by atoms with Crippen LogP contribution in [-0.4, -0.2) is 82.5 Å². The van der Waals surface area contributed by atoms with Gasteiger partial charge in [0.05, 0.1) is 51.2 Å². The highest BCUT2D eigenvalue weighted by Crippen LogP contribution is 2.40. The normalized spacial score (nSPS) is 12.6. The average Bonchev–Trinajstić information content (AvgIpc) is 4.21. The van der Waals surface area contributed by atoms with E-state index in [1.54, 1.807) is 39.7 Å². The fourth-order valence-corrected chi connectivity index (χ4v) is 9.03. The van der Waals surface area contributed by atoms with Crippen molar-refractivity contribution in [2.45, 2.75) is 12.5 Å². The molecule has 2 unspecified atom stereocenters. The minimum absolute atomic E-state index is 0.175. The van der Waals surface area contributed by atoms with Crippen LogP contribution in [-0.2, 0) is 20.3 Å². The van der Waals surface area contributed by atoms with Gasteiger partial charge in [-0.15, -0.1) is 0 Å². The number of hydrogen-bond acceptors (Lipinski definition) is 9. The topological polar surface area (TPSA) is 158 Å². The Morgan fingerprint density at radius 3 is 1.30 bits per heavy atom. The van der Waals surface area contributed by atoms with Crippen LogP contribution in [0.2, 0.25) is 0 Å². The second kappa shape index (κ2) is 19.2. The van der Waals surface area contributed by atoms with Gasteiger partial charge in [0.25, 0.3) is 5.91 Å². The number of aromatic amines is 2. The molecule has 4 aromatic carbocycles. The molecule has 3 aromatic heterocycles. The Labute approximate surface area is 389 Å². The third-order valence-electron chi connectivity index (χ3n) is 11.7. The molecule has 67 heavy (non-hydrogen) atoms. The first-order valence-electron chi connectivity index (χ1n) is 21.5. The van der Waals surface area contributed by atoms with E-state index in [1.165, 1.54) is 7.11 Å². The van der Waals surface area contributed by atoms with E-state index >= 15 is 0 Å². The van der Waals surface area contributed by atoms with Crippen LogP contribution in [0.3, 0.4) is 0 Å². The highest BCUT2D eigenvalue weighted by atomic mass is 32.2. The van der Waals surface area contributed by atoms with Gasteiger partial charge in [-0.05, 0) is 126 Å². The maximum Gasteiger partial charge on any atom is 0.328 e. The SMILES string of the molecule is COC(=O)C(CCS(C)=O)NC(=O)c1ccc(-c2c3nc(c(-c4cccc(OC)c4)c4ccc([nH]4)c(-c4cccc(OC)c4)c4nc(c(-c5cccc(OC)c5)c5ccc2[nH]5)C=C4)C=C3)cc1. The third kappa shape index (κ3) is 9.14. The van der Waals surface area contributed by atoms with Crippen molar-refractivity contribution < 1.29 is 32.7 Å². The Hall–Kier alpha value is -8.03. The number of aromatic nitrogens is 4. The summed E-state index contributed by atoms with van der Waals surface area (Å²) in [5.74, 6) is 1.28. The zero-order valence-electron chi connectivity index (χ0n) is 37.5. The van der Waals surface area contributed by atoms with Crippen LogP contribution in [0.5, 0.6) is 17.2 Å². The fraction of sp³-hybridized carbons (Fsp3) is 0.148. The summed E-state index contributed by atoms with van der Waals surface area (Å²) in [4.78, 5) is 44.4. The highest BCUT2D eigenvalue weighted by molar-refractivity contribution is 7.84. The zero-order valence-corrected chi connectivity index (χ0v) is 38.3. The minimum atomic E-state index is -1.16. The van der Waals surface area contributed by atoms with E-state index in [0.717, 1.165) is 83.7 Å². The Bertz CT molecular complexity index is 3270. The van der Waals surface area contributed by atoms with E-state index in [0.29, 0.717) is 28.5 Å². The van der Waals surface area contributed by atoms with E-state index in [-0.39, 0.29) is 12.2 Å². The molecule has 8 bridgehead atoms. The van der Waals surface area contributed by atoms with Crippen molar-refractivity contribution in [3.8, 4) is 61.8 Å². The standard InChI is InChI=1S/C54H47N5O7S/c1-63-37-12-6-9-34(29-37)50-42-21-19-40(55-42)49(32-15-17-33(18-16-32)53(60)59-48(54(61)66-4)27-28-67(5)62)41-20-22-43(56-41)51(35-10-7-13-38(30-35)64-2)45-24-26-47(58-45)52(46-25-23-44(50)57-46)36-11-8-14-39(31-36)65-3/h6-26,29-31,48,55,58H,27-28H2,1-5H3,(H,59,60).